The summed E-state index contributed by atoms with van der Waals surface area (Å²) in [5.41, 5.74) is -0.530. The number of hydrogen-bond acceptors (Lipinski definition) is 3. The third-order valence-electron chi connectivity index (χ3n) is 6.02. The number of likely N-dealkylation sites (tertiary alicyclic amines) is 2. The van der Waals surface area contributed by atoms with Gasteiger partial charge < -0.3 is 15.1 Å². The molecule has 29 heavy (non-hydrogen) atoms. The molecule has 0 aromatic heterocycles. The normalized spacial score (nSPS) is 19.9. The Labute approximate surface area is 169 Å². The lowest BCUT2D eigenvalue weighted by atomic mass is 9.94. The Kier molecular flexibility index (Phi) is 6.82. The second-order valence-corrected chi connectivity index (χ2v) is 8.13. The van der Waals surface area contributed by atoms with Crippen LogP contribution in [0.1, 0.15) is 41.6 Å². The zero-order valence-corrected chi connectivity index (χ0v) is 16.7. The molecule has 2 heterocycles. The molecule has 0 saturated carbocycles. The minimum atomic E-state index is -4.42. The lowest BCUT2D eigenvalue weighted by Crippen LogP contribution is -2.44. The molecule has 2 amide bonds. The molecule has 2 aliphatic rings. The average molecular weight is 411 g/mol. The Bertz CT molecular complexity index is 705. The first-order valence-electron chi connectivity index (χ1n) is 10.2. The van der Waals surface area contributed by atoms with Crippen molar-refractivity contribution in [3.63, 3.8) is 0 Å². The molecular weight excluding hydrogens is 383 g/mol. The van der Waals surface area contributed by atoms with Crippen molar-refractivity contribution < 1.29 is 22.8 Å². The van der Waals surface area contributed by atoms with Crippen molar-refractivity contribution in [3.8, 4) is 0 Å². The molecule has 0 atom stereocenters. The molecule has 1 aromatic rings. The first-order chi connectivity index (χ1) is 13.7. The van der Waals surface area contributed by atoms with Crippen LogP contribution in [0.5, 0.6) is 0 Å². The van der Waals surface area contributed by atoms with Gasteiger partial charge in [0.2, 0.25) is 5.91 Å². The molecule has 2 aliphatic heterocycles. The van der Waals surface area contributed by atoms with E-state index in [4.69, 9.17) is 0 Å². The SMILES string of the molecule is CN1CCC(CNC(=O)C2CCN(C(=O)c3ccc(C(F)(F)F)cc3)CC2)CC1. The van der Waals surface area contributed by atoms with Gasteiger partial charge in [0.1, 0.15) is 0 Å². The maximum atomic E-state index is 12.7. The quantitative estimate of drug-likeness (QED) is 0.829. The molecule has 5 nitrogen and oxygen atoms in total. The van der Waals surface area contributed by atoms with Crippen molar-refractivity contribution in [2.45, 2.75) is 31.9 Å². The molecule has 2 fully saturated rings. The summed E-state index contributed by atoms with van der Waals surface area (Å²) in [6, 6.07) is 4.28. The number of nitrogens with zero attached hydrogens (tertiary/aromatic N) is 2. The minimum absolute atomic E-state index is 0.0468. The van der Waals surface area contributed by atoms with E-state index >= 15 is 0 Å². The van der Waals surface area contributed by atoms with Gasteiger partial charge >= 0.3 is 6.18 Å². The van der Waals surface area contributed by atoms with Crippen molar-refractivity contribution in [1.82, 2.24) is 15.1 Å². The number of nitrogens with one attached hydrogen (secondary N) is 1. The van der Waals surface area contributed by atoms with E-state index in [0.29, 0.717) is 38.4 Å². The molecule has 2 saturated heterocycles. The molecule has 0 aliphatic carbocycles. The van der Waals surface area contributed by atoms with Gasteiger partial charge in [0, 0.05) is 31.1 Å². The topological polar surface area (TPSA) is 52.7 Å². The van der Waals surface area contributed by atoms with Gasteiger partial charge in [-0.2, -0.15) is 13.2 Å². The predicted octanol–water partition coefficient (Wildman–Crippen LogP) is 3.02. The fourth-order valence-electron chi connectivity index (χ4n) is 3.98. The van der Waals surface area contributed by atoms with Gasteiger partial charge in [-0.25, -0.2) is 0 Å². The summed E-state index contributed by atoms with van der Waals surface area (Å²) in [6.07, 6.45) is -1.08. The number of halogens is 3. The molecular formula is C21H28F3N3O2. The highest BCUT2D eigenvalue weighted by Gasteiger charge is 2.31. The Morgan fingerprint density at radius 3 is 2.14 bits per heavy atom. The van der Waals surface area contributed by atoms with Crippen LogP contribution in [0.4, 0.5) is 13.2 Å². The number of carbonyl (C=O) groups is 2. The number of hydrogen-bond donors (Lipinski definition) is 1. The highest BCUT2D eigenvalue weighted by Crippen LogP contribution is 2.29. The number of amides is 2. The smallest absolute Gasteiger partial charge is 0.356 e. The summed E-state index contributed by atoms with van der Waals surface area (Å²) < 4.78 is 38.0. The number of benzene rings is 1. The van der Waals surface area contributed by atoms with Crippen molar-refractivity contribution in [1.29, 1.82) is 0 Å². The van der Waals surface area contributed by atoms with Gasteiger partial charge in [-0.05, 0) is 76.0 Å². The maximum Gasteiger partial charge on any atom is 0.416 e. The molecule has 1 aromatic carbocycles. The molecule has 0 bridgehead atoms. The summed E-state index contributed by atoms with van der Waals surface area (Å²) in [6.45, 7) is 3.70. The van der Waals surface area contributed by atoms with E-state index in [2.05, 4.69) is 17.3 Å². The molecule has 3 rings (SSSR count). The van der Waals surface area contributed by atoms with Gasteiger partial charge in [-0.1, -0.05) is 0 Å². The Morgan fingerprint density at radius 2 is 1.59 bits per heavy atom. The number of carbonyl (C=O) groups excluding carboxylic acids is 2. The van der Waals surface area contributed by atoms with Crippen molar-refractivity contribution in [3.05, 3.63) is 35.4 Å². The van der Waals surface area contributed by atoms with Gasteiger partial charge in [0.25, 0.3) is 5.91 Å². The fraction of sp³-hybridized carbons (Fsp3) is 0.619. The minimum Gasteiger partial charge on any atom is -0.356 e. The van der Waals surface area contributed by atoms with Crippen LogP contribution < -0.4 is 5.32 Å². The highest BCUT2D eigenvalue weighted by atomic mass is 19.4. The molecule has 0 unspecified atom stereocenters. The molecule has 0 radical (unpaired) electrons. The van der Waals surface area contributed by atoms with Crippen molar-refractivity contribution in [2.24, 2.45) is 11.8 Å². The number of rotatable bonds is 4. The first-order valence-corrected chi connectivity index (χ1v) is 10.2. The van der Waals surface area contributed by atoms with E-state index < -0.39 is 11.7 Å². The standard InChI is InChI=1S/C21H28F3N3O2/c1-26-10-6-15(7-11-26)14-25-19(28)16-8-12-27(13-9-16)20(29)17-2-4-18(5-3-17)21(22,23)24/h2-5,15-16H,6-14H2,1H3,(H,25,28). The lowest BCUT2D eigenvalue weighted by Gasteiger charge is -2.32. The predicted molar refractivity (Wildman–Crippen MR) is 103 cm³/mol. The van der Waals surface area contributed by atoms with E-state index in [-0.39, 0.29) is 23.3 Å². The van der Waals surface area contributed by atoms with E-state index in [1.807, 2.05) is 0 Å². The van der Waals surface area contributed by atoms with E-state index in [1.54, 1.807) is 4.90 Å². The Balaban J connectivity index is 1.44. The van der Waals surface area contributed by atoms with E-state index in [9.17, 15) is 22.8 Å². The largest absolute Gasteiger partial charge is 0.416 e. The Morgan fingerprint density at radius 1 is 1.00 bits per heavy atom. The van der Waals surface area contributed by atoms with Crippen LogP contribution >= 0.6 is 0 Å². The average Bonchev–Trinajstić information content (AvgIpc) is 2.72. The summed E-state index contributed by atoms with van der Waals surface area (Å²) in [5.74, 6) is 0.170. The third kappa shape index (κ3) is 5.72. The maximum absolute atomic E-state index is 12.7. The zero-order chi connectivity index (χ0) is 21.0. The van der Waals surface area contributed by atoms with E-state index in [1.165, 1.54) is 12.1 Å². The van der Waals surface area contributed by atoms with Crippen LogP contribution in [0.3, 0.4) is 0 Å². The van der Waals surface area contributed by atoms with Crippen LogP contribution in [0.15, 0.2) is 24.3 Å². The third-order valence-corrected chi connectivity index (χ3v) is 6.02. The summed E-state index contributed by atoms with van der Waals surface area (Å²) in [4.78, 5) is 28.9. The van der Waals surface area contributed by atoms with Gasteiger partial charge in [-0.3, -0.25) is 9.59 Å². The molecule has 160 valence electrons. The van der Waals surface area contributed by atoms with Crippen molar-refractivity contribution in [2.75, 3.05) is 39.8 Å². The van der Waals surface area contributed by atoms with Crippen LogP contribution in [-0.2, 0) is 11.0 Å². The Hall–Kier alpha value is -2.09. The van der Waals surface area contributed by atoms with Crippen LogP contribution in [0.25, 0.3) is 0 Å². The van der Waals surface area contributed by atoms with Crippen LogP contribution in [0.2, 0.25) is 0 Å². The first kappa shape index (κ1) is 21.6. The van der Waals surface area contributed by atoms with Crippen LogP contribution in [0, 0.1) is 11.8 Å². The summed E-state index contributed by atoms with van der Waals surface area (Å²) >= 11 is 0. The zero-order valence-electron chi connectivity index (χ0n) is 16.7. The summed E-state index contributed by atoms with van der Waals surface area (Å²) in [7, 11) is 2.11. The van der Waals surface area contributed by atoms with Gasteiger partial charge in [0.15, 0.2) is 0 Å². The van der Waals surface area contributed by atoms with Crippen LogP contribution in [-0.4, -0.2) is 61.4 Å². The number of alkyl halides is 3. The molecule has 0 spiro atoms. The highest BCUT2D eigenvalue weighted by molar-refractivity contribution is 5.94. The fourth-order valence-corrected chi connectivity index (χ4v) is 3.98. The van der Waals surface area contributed by atoms with Gasteiger partial charge in [0.05, 0.1) is 5.56 Å². The second kappa shape index (κ2) is 9.15. The lowest BCUT2D eigenvalue weighted by molar-refractivity contribution is -0.137. The van der Waals surface area contributed by atoms with E-state index in [0.717, 1.165) is 38.1 Å². The monoisotopic (exact) mass is 411 g/mol. The van der Waals surface area contributed by atoms with Crippen molar-refractivity contribution >= 4 is 11.8 Å². The summed E-state index contributed by atoms with van der Waals surface area (Å²) in [5, 5.41) is 3.07. The van der Waals surface area contributed by atoms with Gasteiger partial charge in [-0.15, -0.1) is 0 Å². The molecule has 1 N–H and O–H groups in total. The number of piperidine rings is 2. The second-order valence-electron chi connectivity index (χ2n) is 8.13. The molecule has 8 heteroatoms.